The van der Waals surface area contributed by atoms with Crippen LogP contribution in [0.3, 0.4) is 0 Å². The molecule has 1 aliphatic rings. The van der Waals surface area contributed by atoms with Crippen LogP contribution in [-0.2, 0) is 13.0 Å². The Labute approximate surface area is 154 Å². The van der Waals surface area contributed by atoms with Gasteiger partial charge >= 0.3 is 0 Å². The van der Waals surface area contributed by atoms with Gasteiger partial charge in [-0.05, 0) is 38.3 Å². The highest BCUT2D eigenvalue weighted by molar-refractivity contribution is 5.62. The number of rotatable bonds is 6. The van der Waals surface area contributed by atoms with Crippen molar-refractivity contribution in [2.24, 2.45) is 0 Å². The first-order chi connectivity index (χ1) is 12.7. The lowest BCUT2D eigenvalue weighted by Crippen LogP contribution is -2.23. The summed E-state index contributed by atoms with van der Waals surface area (Å²) in [7, 11) is 0. The molecule has 1 aromatic carbocycles. The van der Waals surface area contributed by atoms with Gasteiger partial charge in [-0.2, -0.15) is 5.10 Å². The third-order valence-electron chi connectivity index (χ3n) is 5.21. The fourth-order valence-electron chi connectivity index (χ4n) is 3.82. The lowest BCUT2D eigenvalue weighted by Gasteiger charge is -2.22. The van der Waals surface area contributed by atoms with E-state index in [-0.39, 0.29) is 0 Å². The molecule has 0 saturated carbocycles. The summed E-state index contributed by atoms with van der Waals surface area (Å²) in [6.07, 6.45) is 6.32. The van der Waals surface area contributed by atoms with Gasteiger partial charge in [-0.15, -0.1) is 0 Å². The number of benzene rings is 1. The predicted molar refractivity (Wildman–Crippen MR) is 102 cm³/mol. The van der Waals surface area contributed by atoms with E-state index in [4.69, 9.17) is 4.52 Å². The van der Waals surface area contributed by atoms with Crippen molar-refractivity contribution in [2.45, 2.75) is 52.1 Å². The van der Waals surface area contributed by atoms with Gasteiger partial charge in [0.1, 0.15) is 11.5 Å². The molecule has 0 amide bonds. The van der Waals surface area contributed by atoms with Crippen molar-refractivity contribution in [2.75, 3.05) is 6.54 Å². The molecule has 0 radical (unpaired) electrons. The van der Waals surface area contributed by atoms with Crippen LogP contribution in [0.2, 0.25) is 0 Å². The van der Waals surface area contributed by atoms with Gasteiger partial charge in [-0.25, -0.2) is 0 Å². The summed E-state index contributed by atoms with van der Waals surface area (Å²) < 4.78 is 5.51. The Hall–Kier alpha value is -2.40. The molecular weight excluding hydrogens is 324 g/mol. The van der Waals surface area contributed by atoms with Crippen LogP contribution < -0.4 is 0 Å². The average molecular weight is 350 g/mol. The number of H-pyrrole nitrogens is 1. The van der Waals surface area contributed by atoms with Crippen molar-refractivity contribution < 1.29 is 4.52 Å². The second kappa shape index (κ2) is 7.46. The number of hydrogen-bond donors (Lipinski definition) is 1. The minimum atomic E-state index is 0.338. The SMILES string of the molecule is CCCc1cc([C@@H]2CCCN2Cc2cn[nH]c2-c2ccc(C)cc2)no1. The van der Waals surface area contributed by atoms with Gasteiger partial charge in [0.05, 0.1) is 17.9 Å². The maximum absolute atomic E-state index is 5.51. The zero-order valence-corrected chi connectivity index (χ0v) is 15.5. The number of aromatic nitrogens is 3. The van der Waals surface area contributed by atoms with E-state index in [2.05, 4.69) is 64.4 Å². The Kier molecular flexibility index (Phi) is 4.89. The van der Waals surface area contributed by atoms with E-state index in [9.17, 15) is 0 Å². The highest BCUT2D eigenvalue weighted by atomic mass is 16.5. The molecule has 5 heteroatoms. The van der Waals surface area contributed by atoms with Gasteiger partial charge < -0.3 is 4.52 Å². The van der Waals surface area contributed by atoms with Crippen molar-refractivity contribution in [1.29, 1.82) is 0 Å². The molecule has 0 aliphatic carbocycles. The summed E-state index contributed by atoms with van der Waals surface area (Å²) in [6.45, 7) is 6.23. The van der Waals surface area contributed by atoms with Crippen molar-refractivity contribution in [3.8, 4) is 11.3 Å². The quantitative estimate of drug-likeness (QED) is 0.702. The maximum atomic E-state index is 5.51. The third kappa shape index (κ3) is 3.44. The minimum Gasteiger partial charge on any atom is -0.361 e. The molecule has 3 heterocycles. The van der Waals surface area contributed by atoms with Gasteiger partial charge in [0.15, 0.2) is 0 Å². The summed E-state index contributed by atoms with van der Waals surface area (Å²) in [5.41, 5.74) is 5.88. The molecule has 136 valence electrons. The fraction of sp³-hybridized carbons (Fsp3) is 0.429. The third-order valence-corrected chi connectivity index (χ3v) is 5.21. The molecule has 1 saturated heterocycles. The zero-order valence-electron chi connectivity index (χ0n) is 15.5. The van der Waals surface area contributed by atoms with Crippen LogP contribution >= 0.6 is 0 Å². The monoisotopic (exact) mass is 350 g/mol. The molecule has 4 rings (SSSR count). The highest BCUT2D eigenvalue weighted by Crippen LogP contribution is 2.34. The van der Waals surface area contributed by atoms with Crippen LogP contribution in [0.1, 0.15) is 54.8 Å². The molecular formula is C21H26N4O. The molecule has 1 atom stereocenters. The lowest BCUT2D eigenvalue weighted by molar-refractivity contribution is 0.236. The molecule has 0 spiro atoms. The molecule has 1 N–H and O–H groups in total. The lowest BCUT2D eigenvalue weighted by atomic mass is 10.1. The van der Waals surface area contributed by atoms with E-state index in [1.165, 1.54) is 23.1 Å². The van der Waals surface area contributed by atoms with Gasteiger partial charge in [0, 0.05) is 24.6 Å². The number of likely N-dealkylation sites (tertiary alicyclic amines) is 1. The Morgan fingerprint density at radius 2 is 2.12 bits per heavy atom. The Bertz CT molecular complexity index is 849. The number of aryl methyl sites for hydroxylation is 2. The van der Waals surface area contributed by atoms with Crippen LogP contribution in [0.15, 0.2) is 41.1 Å². The van der Waals surface area contributed by atoms with Crippen LogP contribution in [-0.4, -0.2) is 26.8 Å². The topological polar surface area (TPSA) is 58.0 Å². The number of nitrogens with zero attached hydrogens (tertiary/aromatic N) is 3. The average Bonchev–Trinajstić information content (AvgIpc) is 3.37. The van der Waals surface area contributed by atoms with E-state index in [0.717, 1.165) is 49.5 Å². The molecule has 1 aliphatic heterocycles. The molecule has 3 aromatic rings. The number of nitrogens with one attached hydrogen (secondary N) is 1. The van der Waals surface area contributed by atoms with E-state index in [1.807, 2.05) is 6.20 Å². The van der Waals surface area contributed by atoms with Crippen molar-refractivity contribution in [1.82, 2.24) is 20.3 Å². The standard InChI is InChI=1S/C21H26N4O/c1-3-5-18-12-19(24-26-18)20-6-4-11-25(20)14-17-13-22-23-21(17)16-9-7-15(2)8-10-16/h7-10,12-13,20H,3-6,11,14H2,1-2H3,(H,22,23)/t20-/m0/s1. The van der Waals surface area contributed by atoms with Crippen molar-refractivity contribution in [3.05, 3.63) is 59.1 Å². The summed E-state index contributed by atoms with van der Waals surface area (Å²) >= 11 is 0. The summed E-state index contributed by atoms with van der Waals surface area (Å²) in [5.74, 6) is 0.998. The van der Waals surface area contributed by atoms with E-state index in [0.29, 0.717) is 6.04 Å². The first-order valence-corrected chi connectivity index (χ1v) is 9.53. The second-order valence-electron chi connectivity index (χ2n) is 7.23. The molecule has 0 bridgehead atoms. The zero-order chi connectivity index (χ0) is 17.9. The van der Waals surface area contributed by atoms with Crippen molar-refractivity contribution >= 4 is 0 Å². The smallest absolute Gasteiger partial charge is 0.137 e. The number of aromatic amines is 1. The normalized spacial score (nSPS) is 17.8. The van der Waals surface area contributed by atoms with Gasteiger partial charge in [0.25, 0.3) is 0 Å². The molecule has 26 heavy (non-hydrogen) atoms. The molecule has 0 unspecified atom stereocenters. The van der Waals surface area contributed by atoms with Crippen LogP contribution in [0.4, 0.5) is 0 Å². The molecule has 2 aromatic heterocycles. The Morgan fingerprint density at radius 3 is 2.92 bits per heavy atom. The summed E-state index contributed by atoms with van der Waals surface area (Å²) in [6, 6.07) is 11.1. The van der Waals surface area contributed by atoms with E-state index < -0.39 is 0 Å². The van der Waals surface area contributed by atoms with Crippen molar-refractivity contribution in [3.63, 3.8) is 0 Å². The molecule has 1 fully saturated rings. The van der Waals surface area contributed by atoms with Crippen LogP contribution in [0.5, 0.6) is 0 Å². The first kappa shape index (κ1) is 17.0. The largest absolute Gasteiger partial charge is 0.361 e. The number of hydrogen-bond acceptors (Lipinski definition) is 4. The Morgan fingerprint density at radius 1 is 1.27 bits per heavy atom. The highest BCUT2D eigenvalue weighted by Gasteiger charge is 2.29. The molecule has 5 nitrogen and oxygen atoms in total. The maximum Gasteiger partial charge on any atom is 0.137 e. The van der Waals surface area contributed by atoms with Crippen LogP contribution in [0, 0.1) is 6.92 Å². The first-order valence-electron chi connectivity index (χ1n) is 9.53. The Balaban J connectivity index is 1.53. The second-order valence-corrected chi connectivity index (χ2v) is 7.23. The fourth-order valence-corrected chi connectivity index (χ4v) is 3.82. The van der Waals surface area contributed by atoms with Gasteiger partial charge in [-0.1, -0.05) is 41.9 Å². The van der Waals surface area contributed by atoms with Gasteiger partial charge in [-0.3, -0.25) is 10.00 Å². The van der Waals surface area contributed by atoms with Gasteiger partial charge in [0.2, 0.25) is 0 Å². The van der Waals surface area contributed by atoms with Crippen LogP contribution in [0.25, 0.3) is 11.3 Å². The summed E-state index contributed by atoms with van der Waals surface area (Å²) in [5, 5.41) is 11.8. The minimum absolute atomic E-state index is 0.338. The predicted octanol–water partition coefficient (Wildman–Crippen LogP) is 4.66. The summed E-state index contributed by atoms with van der Waals surface area (Å²) in [4.78, 5) is 2.50. The van der Waals surface area contributed by atoms with E-state index >= 15 is 0 Å². The van der Waals surface area contributed by atoms with E-state index in [1.54, 1.807) is 0 Å².